The fourth-order valence-electron chi connectivity index (χ4n) is 4.37. The molecule has 36 heavy (non-hydrogen) atoms. The monoisotopic (exact) mass is 494 g/mol. The second-order valence-electron chi connectivity index (χ2n) is 8.60. The maximum absolute atomic E-state index is 13.3. The molecule has 5 aromatic rings. The lowest BCUT2D eigenvalue weighted by atomic mass is 10.1. The highest BCUT2D eigenvalue weighted by molar-refractivity contribution is 7.13. The van der Waals surface area contributed by atoms with Crippen LogP contribution >= 0.6 is 11.3 Å². The van der Waals surface area contributed by atoms with Gasteiger partial charge in [0.2, 0.25) is 5.78 Å². The van der Waals surface area contributed by atoms with Crippen molar-refractivity contribution in [2.75, 3.05) is 11.4 Å². The van der Waals surface area contributed by atoms with Gasteiger partial charge in [0.25, 0.3) is 5.91 Å². The van der Waals surface area contributed by atoms with E-state index in [1.54, 1.807) is 17.4 Å². The number of aromatic nitrogens is 1. The molecule has 0 aliphatic carbocycles. The molecular weight excluding hydrogens is 472 g/mol. The van der Waals surface area contributed by atoms with Crippen molar-refractivity contribution in [3.8, 4) is 27.6 Å². The quantitative estimate of drug-likeness (QED) is 0.248. The van der Waals surface area contributed by atoms with Crippen LogP contribution in [-0.2, 0) is 4.79 Å². The molecule has 0 spiro atoms. The van der Waals surface area contributed by atoms with Crippen molar-refractivity contribution in [1.29, 1.82) is 0 Å². The van der Waals surface area contributed by atoms with Crippen LogP contribution in [-0.4, -0.2) is 29.3 Å². The predicted octanol–water partition coefficient (Wildman–Crippen LogP) is 6.61. The third-order valence-electron chi connectivity index (χ3n) is 6.25. The number of hydrogen-bond acceptors (Lipinski definition) is 6. The first-order valence-electron chi connectivity index (χ1n) is 11.8. The molecule has 0 fully saturated rings. The topological polar surface area (TPSA) is 72.6 Å². The highest BCUT2D eigenvalue weighted by Crippen LogP contribution is 2.39. The Labute approximate surface area is 211 Å². The normalized spacial score (nSPS) is 15.1. The molecule has 3 heterocycles. The number of benzene rings is 3. The maximum atomic E-state index is 13.3. The third-order valence-corrected chi connectivity index (χ3v) is 7.15. The molecule has 1 unspecified atom stereocenters. The Kier molecular flexibility index (Phi) is 5.62. The summed E-state index contributed by atoms with van der Waals surface area (Å²) in [6.07, 6.45) is -0.141. The van der Waals surface area contributed by atoms with Crippen molar-refractivity contribution in [3.05, 3.63) is 90.0 Å². The second kappa shape index (κ2) is 9.09. The highest BCUT2D eigenvalue weighted by Gasteiger charge is 2.35. The van der Waals surface area contributed by atoms with Crippen LogP contribution in [0.5, 0.6) is 5.75 Å². The van der Waals surface area contributed by atoms with Gasteiger partial charge < -0.3 is 9.15 Å². The summed E-state index contributed by atoms with van der Waals surface area (Å²) in [5.74, 6) is 0.289. The first-order valence-corrected chi connectivity index (χ1v) is 12.6. The Morgan fingerprint density at radius 3 is 2.61 bits per heavy atom. The first-order chi connectivity index (χ1) is 17.6. The van der Waals surface area contributed by atoms with Crippen LogP contribution in [0.1, 0.15) is 23.9 Å². The van der Waals surface area contributed by atoms with Crippen LogP contribution in [0.2, 0.25) is 0 Å². The van der Waals surface area contributed by atoms with Gasteiger partial charge >= 0.3 is 0 Å². The fourth-order valence-corrected chi connectivity index (χ4v) is 5.20. The van der Waals surface area contributed by atoms with Crippen LogP contribution < -0.4 is 9.64 Å². The molecule has 178 valence electrons. The van der Waals surface area contributed by atoms with Crippen molar-refractivity contribution in [3.63, 3.8) is 0 Å². The minimum absolute atomic E-state index is 0.138. The minimum atomic E-state index is -0.643. The minimum Gasteiger partial charge on any atom is -0.478 e. The number of thiazole rings is 1. The first kappa shape index (κ1) is 22.2. The van der Waals surface area contributed by atoms with Gasteiger partial charge in [-0.15, -0.1) is 11.3 Å². The zero-order valence-electron chi connectivity index (χ0n) is 19.5. The van der Waals surface area contributed by atoms with Gasteiger partial charge in [-0.2, -0.15) is 0 Å². The number of furan rings is 1. The van der Waals surface area contributed by atoms with Crippen molar-refractivity contribution in [2.24, 2.45) is 0 Å². The van der Waals surface area contributed by atoms with Gasteiger partial charge in [-0.3, -0.25) is 14.5 Å². The summed E-state index contributed by atoms with van der Waals surface area (Å²) in [5, 5.41) is 3.76. The molecule has 7 heteroatoms. The summed E-state index contributed by atoms with van der Waals surface area (Å²) in [6, 6.07) is 24.8. The number of ketones is 1. The van der Waals surface area contributed by atoms with E-state index >= 15 is 0 Å². The second-order valence-corrected chi connectivity index (χ2v) is 9.46. The van der Waals surface area contributed by atoms with E-state index in [1.807, 2.05) is 85.1 Å². The van der Waals surface area contributed by atoms with Crippen LogP contribution in [0.25, 0.3) is 32.8 Å². The average molecular weight is 495 g/mol. The molecule has 0 saturated carbocycles. The van der Waals surface area contributed by atoms with Gasteiger partial charge in [0.15, 0.2) is 11.9 Å². The molecule has 0 radical (unpaired) electrons. The number of amides is 1. The van der Waals surface area contributed by atoms with E-state index in [-0.39, 0.29) is 24.0 Å². The van der Waals surface area contributed by atoms with E-state index in [9.17, 15) is 9.59 Å². The van der Waals surface area contributed by atoms with Crippen LogP contribution in [0.4, 0.5) is 5.69 Å². The van der Waals surface area contributed by atoms with E-state index in [2.05, 4.69) is 0 Å². The molecule has 1 atom stereocenters. The van der Waals surface area contributed by atoms with Gasteiger partial charge in [0, 0.05) is 21.9 Å². The Balaban J connectivity index is 1.34. The number of ether oxygens (including phenoxy) is 1. The molecule has 6 rings (SSSR count). The molecule has 3 aromatic carbocycles. The van der Waals surface area contributed by atoms with Crippen molar-refractivity contribution >= 4 is 39.7 Å². The fraction of sp³-hybridized carbons (Fsp3) is 0.138. The summed E-state index contributed by atoms with van der Waals surface area (Å²) in [5.41, 5.74) is 3.89. The van der Waals surface area contributed by atoms with Gasteiger partial charge in [-0.1, -0.05) is 55.5 Å². The van der Waals surface area contributed by atoms with Gasteiger partial charge in [0.1, 0.15) is 16.3 Å². The molecule has 1 aliphatic heterocycles. The Morgan fingerprint density at radius 1 is 1.00 bits per heavy atom. The van der Waals surface area contributed by atoms with E-state index < -0.39 is 6.10 Å². The number of nitrogens with zero attached hydrogens (tertiary/aromatic N) is 2. The van der Waals surface area contributed by atoms with Crippen LogP contribution in [0.3, 0.4) is 0 Å². The van der Waals surface area contributed by atoms with Gasteiger partial charge in [-0.25, -0.2) is 4.98 Å². The standard InChI is InChI=1S/C29H22N2O4S/c1-2-24-29(33)31(16-23(32)27-15-20-10-6-7-11-25(20)35-27)22-14-19(12-13-26(22)34-24)21-17-36-28(30-21)18-8-4-3-5-9-18/h3-15,17,24H,2,16H2,1H3. The van der Waals surface area contributed by atoms with E-state index in [0.29, 0.717) is 23.4 Å². The largest absolute Gasteiger partial charge is 0.478 e. The Hall–Kier alpha value is -4.23. The lowest BCUT2D eigenvalue weighted by molar-refractivity contribution is -0.126. The molecule has 2 aromatic heterocycles. The summed E-state index contributed by atoms with van der Waals surface area (Å²) >= 11 is 1.56. The molecule has 0 N–H and O–H groups in total. The number of fused-ring (bicyclic) bond motifs is 2. The Bertz CT molecular complexity index is 1550. The average Bonchev–Trinajstić information content (AvgIpc) is 3.58. The van der Waals surface area contributed by atoms with Crippen molar-refractivity contribution in [2.45, 2.75) is 19.4 Å². The number of Topliss-reactive ketones (excluding diaryl/α,β-unsaturated/α-hetero) is 1. The van der Waals surface area contributed by atoms with Crippen molar-refractivity contribution in [1.82, 2.24) is 4.98 Å². The third kappa shape index (κ3) is 3.97. The number of anilines is 1. The zero-order chi connectivity index (χ0) is 24.6. The van der Waals surface area contributed by atoms with Crippen LogP contribution in [0, 0.1) is 0 Å². The van der Waals surface area contributed by atoms with E-state index in [1.165, 1.54) is 4.90 Å². The Morgan fingerprint density at radius 2 is 1.81 bits per heavy atom. The zero-order valence-corrected chi connectivity index (χ0v) is 20.3. The van der Waals surface area contributed by atoms with Crippen LogP contribution in [0.15, 0.2) is 88.7 Å². The molecular formula is C29H22N2O4S. The summed E-state index contributed by atoms with van der Waals surface area (Å²) in [6.45, 7) is 1.75. The lowest BCUT2D eigenvalue weighted by Gasteiger charge is -2.33. The summed E-state index contributed by atoms with van der Waals surface area (Å²) in [7, 11) is 0. The molecule has 1 amide bonds. The number of rotatable bonds is 6. The number of carbonyl (C=O) groups is 2. The number of carbonyl (C=O) groups excluding carboxylic acids is 2. The van der Waals surface area contributed by atoms with E-state index in [0.717, 1.165) is 27.2 Å². The SMILES string of the molecule is CCC1Oc2ccc(-c3csc(-c4ccccc4)n3)cc2N(CC(=O)c2cc3ccccc3o2)C1=O. The molecule has 1 aliphatic rings. The van der Waals surface area contributed by atoms with Crippen molar-refractivity contribution < 1.29 is 18.7 Å². The number of para-hydroxylation sites is 1. The van der Waals surface area contributed by atoms with E-state index in [4.69, 9.17) is 14.1 Å². The summed E-state index contributed by atoms with van der Waals surface area (Å²) < 4.78 is 11.7. The molecule has 6 nitrogen and oxygen atoms in total. The maximum Gasteiger partial charge on any atom is 0.268 e. The highest BCUT2D eigenvalue weighted by atomic mass is 32.1. The smallest absolute Gasteiger partial charge is 0.268 e. The van der Waals surface area contributed by atoms with Gasteiger partial charge in [-0.05, 0) is 36.8 Å². The lowest BCUT2D eigenvalue weighted by Crippen LogP contribution is -2.47. The number of hydrogen-bond donors (Lipinski definition) is 0. The predicted molar refractivity (Wildman–Crippen MR) is 141 cm³/mol. The van der Waals surface area contributed by atoms with Gasteiger partial charge in [0.05, 0.1) is 17.9 Å². The summed E-state index contributed by atoms with van der Waals surface area (Å²) in [4.78, 5) is 32.8. The molecule has 0 bridgehead atoms. The molecule has 0 saturated heterocycles.